The van der Waals surface area contributed by atoms with Crippen LogP contribution in [-0.2, 0) is 17.1 Å². The van der Waals surface area contributed by atoms with Gasteiger partial charge in [-0.05, 0) is 29.7 Å². The zero-order valence-corrected chi connectivity index (χ0v) is 9.01. The summed E-state index contributed by atoms with van der Waals surface area (Å²) in [6.07, 6.45) is -0.0781. The zero-order valence-electron chi connectivity index (χ0n) is 8.25. The van der Waals surface area contributed by atoms with E-state index in [1.54, 1.807) is 19.1 Å². The maximum atomic E-state index is 10.6. The van der Waals surface area contributed by atoms with Crippen LogP contribution in [0.25, 0.3) is 0 Å². The second-order valence-electron chi connectivity index (χ2n) is 3.24. The maximum Gasteiger partial charge on any atom is 0.307 e. The fourth-order valence-corrected chi connectivity index (χ4v) is 1.53. The molecule has 0 fully saturated rings. The summed E-state index contributed by atoms with van der Waals surface area (Å²) in [7, 11) is 0. The molecule has 0 spiro atoms. The second kappa shape index (κ2) is 4.81. The fraction of sp³-hybridized carbons (Fsp3) is 0.273. The Kier molecular flexibility index (Phi) is 3.70. The lowest BCUT2D eigenvalue weighted by molar-refractivity contribution is -0.136. The number of carboxylic acids is 1. The Bertz CT molecular complexity index is 435. The minimum atomic E-state index is -0.909. The quantitative estimate of drug-likeness (QED) is 0.800. The molecule has 0 amide bonds. The van der Waals surface area contributed by atoms with Gasteiger partial charge in [0.05, 0.1) is 18.1 Å². The van der Waals surface area contributed by atoms with Crippen LogP contribution in [0.1, 0.15) is 22.3 Å². The summed E-state index contributed by atoms with van der Waals surface area (Å²) in [5.41, 5.74) is 2.63. The summed E-state index contributed by atoms with van der Waals surface area (Å²) < 4.78 is 0. The van der Waals surface area contributed by atoms with Gasteiger partial charge in [-0.25, -0.2) is 0 Å². The maximum absolute atomic E-state index is 10.6. The van der Waals surface area contributed by atoms with Gasteiger partial charge in [0.1, 0.15) is 0 Å². The average Bonchev–Trinajstić information content (AvgIpc) is 2.20. The number of nitriles is 1. The van der Waals surface area contributed by atoms with E-state index in [4.69, 9.17) is 22.0 Å². The Balaban J connectivity index is 3.25. The van der Waals surface area contributed by atoms with Crippen LogP contribution >= 0.6 is 11.6 Å². The molecule has 0 heterocycles. The molecule has 1 N–H and O–H groups in total. The Morgan fingerprint density at radius 1 is 1.60 bits per heavy atom. The molecule has 4 heteroatoms. The molecule has 0 aromatic heterocycles. The Hall–Kier alpha value is -1.53. The molecule has 3 nitrogen and oxygen atoms in total. The second-order valence-corrected chi connectivity index (χ2v) is 3.51. The van der Waals surface area contributed by atoms with E-state index in [1.165, 1.54) is 0 Å². The molecule has 1 rings (SSSR count). The van der Waals surface area contributed by atoms with E-state index in [2.05, 4.69) is 0 Å². The number of aliphatic carboxylic acids is 1. The molecule has 1 aromatic carbocycles. The van der Waals surface area contributed by atoms with Gasteiger partial charge in [0.25, 0.3) is 0 Å². The number of nitrogens with zero attached hydrogens (tertiary/aromatic N) is 1. The Labute approximate surface area is 92.9 Å². The molecule has 0 unspecified atom stereocenters. The van der Waals surface area contributed by atoms with Gasteiger partial charge in [0.2, 0.25) is 0 Å². The smallest absolute Gasteiger partial charge is 0.307 e. The topological polar surface area (TPSA) is 61.1 Å². The van der Waals surface area contributed by atoms with Crippen molar-refractivity contribution in [2.24, 2.45) is 0 Å². The van der Waals surface area contributed by atoms with Crippen molar-refractivity contribution in [1.29, 1.82) is 5.26 Å². The minimum Gasteiger partial charge on any atom is -0.481 e. The predicted octanol–water partition coefficient (Wildman–Crippen LogP) is 2.23. The van der Waals surface area contributed by atoms with E-state index in [1.807, 2.05) is 6.07 Å². The van der Waals surface area contributed by atoms with Crippen molar-refractivity contribution < 1.29 is 9.90 Å². The van der Waals surface area contributed by atoms with E-state index in [0.29, 0.717) is 16.7 Å². The lowest BCUT2D eigenvalue weighted by Gasteiger charge is -2.07. The molecule has 0 bridgehead atoms. The van der Waals surface area contributed by atoms with Crippen LogP contribution in [0, 0.1) is 18.3 Å². The van der Waals surface area contributed by atoms with Crippen molar-refractivity contribution in [3.05, 3.63) is 34.4 Å². The number of halogens is 1. The van der Waals surface area contributed by atoms with Gasteiger partial charge >= 0.3 is 5.97 Å². The molecular weight excluding hydrogens is 214 g/mol. The highest BCUT2D eigenvalue weighted by molar-refractivity contribution is 6.17. The summed E-state index contributed by atoms with van der Waals surface area (Å²) in [5, 5.41) is 17.6. The molecule has 0 saturated carbocycles. The first-order valence-corrected chi connectivity index (χ1v) is 4.92. The van der Waals surface area contributed by atoms with Gasteiger partial charge < -0.3 is 5.11 Å². The van der Waals surface area contributed by atoms with Crippen LogP contribution in [0.4, 0.5) is 0 Å². The van der Waals surface area contributed by atoms with Crippen LogP contribution < -0.4 is 0 Å². The fourth-order valence-electron chi connectivity index (χ4n) is 1.38. The molecule has 0 saturated heterocycles. The lowest BCUT2D eigenvalue weighted by Crippen LogP contribution is -2.04. The SMILES string of the molecule is Cc1c(C#N)cc(CCl)cc1CC(=O)O. The van der Waals surface area contributed by atoms with Crippen molar-refractivity contribution in [1.82, 2.24) is 0 Å². The van der Waals surface area contributed by atoms with Crippen LogP contribution in [0.3, 0.4) is 0 Å². The monoisotopic (exact) mass is 223 g/mol. The molecule has 0 aliphatic rings. The number of rotatable bonds is 3. The standard InChI is InChI=1S/C11H10ClNO2/c1-7-9(4-11(14)15)2-8(5-12)3-10(7)6-13/h2-3H,4-5H2,1H3,(H,14,15). The van der Waals surface area contributed by atoms with Crippen LogP contribution in [0.15, 0.2) is 12.1 Å². The van der Waals surface area contributed by atoms with Gasteiger partial charge in [-0.3, -0.25) is 4.79 Å². The van der Waals surface area contributed by atoms with Gasteiger partial charge in [-0.1, -0.05) is 6.07 Å². The largest absolute Gasteiger partial charge is 0.481 e. The van der Waals surface area contributed by atoms with Crippen LogP contribution in [-0.4, -0.2) is 11.1 Å². The molecule has 1 aromatic rings. The van der Waals surface area contributed by atoms with Gasteiger partial charge in [-0.2, -0.15) is 5.26 Å². The summed E-state index contributed by atoms with van der Waals surface area (Å²) in [5.74, 6) is -0.629. The number of carboxylic acid groups (broad SMARTS) is 1. The molecule has 0 aliphatic carbocycles. The van der Waals surface area contributed by atoms with Crippen LogP contribution in [0.5, 0.6) is 0 Å². The Morgan fingerprint density at radius 3 is 2.73 bits per heavy atom. The number of hydrogen-bond acceptors (Lipinski definition) is 2. The third-order valence-corrected chi connectivity index (χ3v) is 2.50. The van der Waals surface area contributed by atoms with Gasteiger partial charge in [0.15, 0.2) is 0 Å². The van der Waals surface area contributed by atoms with E-state index >= 15 is 0 Å². The summed E-state index contributed by atoms with van der Waals surface area (Å²) >= 11 is 5.66. The van der Waals surface area contributed by atoms with E-state index < -0.39 is 5.97 Å². The first-order chi connectivity index (χ1) is 7.08. The van der Waals surface area contributed by atoms with E-state index in [0.717, 1.165) is 5.56 Å². The number of hydrogen-bond donors (Lipinski definition) is 1. The number of carbonyl (C=O) groups is 1. The lowest BCUT2D eigenvalue weighted by atomic mass is 9.98. The highest BCUT2D eigenvalue weighted by Crippen LogP contribution is 2.18. The number of alkyl halides is 1. The van der Waals surface area contributed by atoms with Gasteiger partial charge in [0, 0.05) is 5.88 Å². The molecule has 0 aliphatic heterocycles. The molecule has 78 valence electrons. The van der Waals surface area contributed by atoms with Crippen molar-refractivity contribution in [3.63, 3.8) is 0 Å². The molecule has 0 radical (unpaired) electrons. The third kappa shape index (κ3) is 2.71. The zero-order chi connectivity index (χ0) is 11.4. The summed E-state index contributed by atoms with van der Waals surface area (Å²) in [6, 6.07) is 5.45. The van der Waals surface area contributed by atoms with Crippen LogP contribution in [0.2, 0.25) is 0 Å². The highest BCUT2D eigenvalue weighted by atomic mass is 35.5. The molecular formula is C11H10ClNO2. The van der Waals surface area contributed by atoms with Crippen molar-refractivity contribution in [3.8, 4) is 6.07 Å². The normalized spacial score (nSPS) is 9.67. The molecule has 15 heavy (non-hydrogen) atoms. The summed E-state index contributed by atoms with van der Waals surface area (Å²) in [6.45, 7) is 1.74. The predicted molar refractivity (Wildman–Crippen MR) is 56.8 cm³/mol. The first kappa shape index (κ1) is 11.5. The minimum absolute atomic E-state index is 0.0781. The highest BCUT2D eigenvalue weighted by Gasteiger charge is 2.09. The Morgan fingerprint density at radius 2 is 2.27 bits per heavy atom. The van der Waals surface area contributed by atoms with Gasteiger partial charge in [-0.15, -0.1) is 11.6 Å². The van der Waals surface area contributed by atoms with E-state index in [-0.39, 0.29) is 12.3 Å². The average molecular weight is 224 g/mol. The van der Waals surface area contributed by atoms with Crippen molar-refractivity contribution >= 4 is 17.6 Å². The van der Waals surface area contributed by atoms with E-state index in [9.17, 15) is 4.79 Å². The van der Waals surface area contributed by atoms with Crippen molar-refractivity contribution in [2.75, 3.05) is 0 Å². The van der Waals surface area contributed by atoms with Crippen molar-refractivity contribution in [2.45, 2.75) is 19.2 Å². The first-order valence-electron chi connectivity index (χ1n) is 4.38. The summed E-state index contributed by atoms with van der Waals surface area (Å²) in [4.78, 5) is 10.6. The molecule has 0 atom stereocenters. The third-order valence-electron chi connectivity index (χ3n) is 2.19. The number of benzene rings is 1.